The fourth-order valence-electron chi connectivity index (χ4n) is 2.69. The SMILES string of the molecule is CCCC(N)c1cn(CC2(O)CCCCC2)nn1. The van der Waals surface area contributed by atoms with Crippen LogP contribution in [-0.2, 0) is 6.54 Å². The maximum absolute atomic E-state index is 10.5. The van der Waals surface area contributed by atoms with Crippen LogP contribution in [0.15, 0.2) is 6.20 Å². The minimum Gasteiger partial charge on any atom is -0.388 e. The Morgan fingerprint density at radius 1 is 1.44 bits per heavy atom. The Morgan fingerprint density at radius 2 is 2.17 bits per heavy atom. The summed E-state index contributed by atoms with van der Waals surface area (Å²) in [6, 6.07) is -0.0373. The zero-order chi connectivity index (χ0) is 13.0. The number of nitrogens with two attached hydrogens (primary N) is 1. The molecule has 1 atom stereocenters. The van der Waals surface area contributed by atoms with Crippen molar-refractivity contribution in [3.8, 4) is 0 Å². The molecule has 1 heterocycles. The zero-order valence-electron chi connectivity index (χ0n) is 11.2. The van der Waals surface area contributed by atoms with Crippen LogP contribution in [0.3, 0.4) is 0 Å². The van der Waals surface area contributed by atoms with Crippen molar-refractivity contribution >= 4 is 0 Å². The molecule has 1 aromatic rings. The molecular weight excluding hydrogens is 228 g/mol. The summed E-state index contributed by atoms with van der Waals surface area (Å²) in [4.78, 5) is 0. The van der Waals surface area contributed by atoms with E-state index in [1.54, 1.807) is 4.68 Å². The normalized spacial score (nSPS) is 20.8. The highest BCUT2D eigenvalue weighted by Crippen LogP contribution is 2.29. The van der Waals surface area contributed by atoms with Gasteiger partial charge in [0.1, 0.15) is 0 Å². The van der Waals surface area contributed by atoms with E-state index in [2.05, 4.69) is 17.2 Å². The minimum atomic E-state index is -0.599. The van der Waals surface area contributed by atoms with Crippen molar-refractivity contribution < 1.29 is 5.11 Å². The molecule has 102 valence electrons. The molecule has 1 aliphatic rings. The second kappa shape index (κ2) is 5.80. The molecule has 1 saturated carbocycles. The van der Waals surface area contributed by atoms with Crippen LogP contribution in [0.25, 0.3) is 0 Å². The van der Waals surface area contributed by atoms with Crippen molar-refractivity contribution in [1.82, 2.24) is 15.0 Å². The highest BCUT2D eigenvalue weighted by atomic mass is 16.3. The molecule has 0 amide bonds. The summed E-state index contributed by atoms with van der Waals surface area (Å²) < 4.78 is 1.75. The lowest BCUT2D eigenvalue weighted by Gasteiger charge is -2.31. The van der Waals surface area contributed by atoms with E-state index < -0.39 is 5.60 Å². The van der Waals surface area contributed by atoms with Gasteiger partial charge in [0.2, 0.25) is 0 Å². The quantitative estimate of drug-likeness (QED) is 0.837. The molecule has 0 saturated heterocycles. The lowest BCUT2D eigenvalue weighted by atomic mass is 9.85. The van der Waals surface area contributed by atoms with Gasteiger partial charge in [-0.05, 0) is 19.3 Å². The summed E-state index contributed by atoms with van der Waals surface area (Å²) in [5.41, 5.74) is 6.24. The Bertz CT molecular complexity index is 371. The van der Waals surface area contributed by atoms with Gasteiger partial charge in [-0.25, -0.2) is 4.68 Å². The minimum absolute atomic E-state index is 0.0373. The average Bonchev–Trinajstić information content (AvgIpc) is 2.78. The van der Waals surface area contributed by atoms with Gasteiger partial charge >= 0.3 is 0 Å². The van der Waals surface area contributed by atoms with Gasteiger partial charge < -0.3 is 10.8 Å². The molecule has 0 radical (unpaired) electrons. The Balaban J connectivity index is 1.97. The first-order chi connectivity index (χ1) is 8.63. The van der Waals surface area contributed by atoms with E-state index in [1.165, 1.54) is 6.42 Å². The lowest BCUT2D eigenvalue weighted by Crippen LogP contribution is -2.36. The molecule has 0 aliphatic heterocycles. The van der Waals surface area contributed by atoms with Crippen LogP contribution < -0.4 is 5.73 Å². The maximum atomic E-state index is 10.5. The highest BCUT2D eigenvalue weighted by molar-refractivity contribution is 5.00. The van der Waals surface area contributed by atoms with Crippen molar-refractivity contribution in [3.63, 3.8) is 0 Å². The first-order valence-electron chi connectivity index (χ1n) is 7.01. The van der Waals surface area contributed by atoms with Crippen LogP contribution in [0.2, 0.25) is 0 Å². The molecule has 0 spiro atoms. The predicted octanol–water partition coefficient (Wildman–Crippen LogP) is 1.77. The van der Waals surface area contributed by atoms with Gasteiger partial charge in [0.25, 0.3) is 0 Å². The van der Waals surface area contributed by atoms with Gasteiger partial charge in [0.05, 0.1) is 30.1 Å². The molecule has 1 aromatic heterocycles. The number of hydrogen-bond donors (Lipinski definition) is 2. The number of nitrogens with zero attached hydrogens (tertiary/aromatic N) is 3. The molecule has 2 rings (SSSR count). The molecule has 0 bridgehead atoms. The van der Waals surface area contributed by atoms with Gasteiger partial charge in [0, 0.05) is 0 Å². The van der Waals surface area contributed by atoms with E-state index in [4.69, 9.17) is 5.73 Å². The summed E-state index contributed by atoms with van der Waals surface area (Å²) >= 11 is 0. The van der Waals surface area contributed by atoms with Gasteiger partial charge in [-0.2, -0.15) is 0 Å². The molecule has 1 unspecified atom stereocenters. The lowest BCUT2D eigenvalue weighted by molar-refractivity contribution is -0.0146. The fourth-order valence-corrected chi connectivity index (χ4v) is 2.69. The number of aromatic nitrogens is 3. The average molecular weight is 252 g/mol. The standard InChI is InChI=1S/C13H24N4O/c1-2-6-11(14)12-9-17(16-15-12)10-13(18)7-4-3-5-8-13/h9,11,18H,2-8,10,14H2,1H3. The molecule has 0 aromatic carbocycles. The summed E-state index contributed by atoms with van der Waals surface area (Å²) in [5.74, 6) is 0. The number of hydrogen-bond acceptors (Lipinski definition) is 4. The molecule has 18 heavy (non-hydrogen) atoms. The first-order valence-corrected chi connectivity index (χ1v) is 7.01. The van der Waals surface area contributed by atoms with E-state index in [-0.39, 0.29) is 6.04 Å². The van der Waals surface area contributed by atoms with E-state index >= 15 is 0 Å². The zero-order valence-corrected chi connectivity index (χ0v) is 11.2. The molecule has 3 N–H and O–H groups in total. The first kappa shape index (κ1) is 13.5. The largest absolute Gasteiger partial charge is 0.388 e. The van der Waals surface area contributed by atoms with Crippen LogP contribution >= 0.6 is 0 Å². The Labute approximate surface area is 108 Å². The molecule has 1 aliphatic carbocycles. The predicted molar refractivity (Wildman–Crippen MR) is 69.9 cm³/mol. The third kappa shape index (κ3) is 3.29. The van der Waals surface area contributed by atoms with E-state index in [0.717, 1.165) is 44.2 Å². The molecule has 5 nitrogen and oxygen atoms in total. The molecule has 1 fully saturated rings. The maximum Gasteiger partial charge on any atom is 0.0994 e. The van der Waals surface area contributed by atoms with E-state index in [0.29, 0.717) is 6.54 Å². The fraction of sp³-hybridized carbons (Fsp3) is 0.846. The van der Waals surface area contributed by atoms with Gasteiger partial charge in [-0.1, -0.05) is 37.8 Å². The smallest absolute Gasteiger partial charge is 0.0994 e. The van der Waals surface area contributed by atoms with Gasteiger partial charge in [0.15, 0.2) is 0 Å². The monoisotopic (exact) mass is 252 g/mol. The summed E-state index contributed by atoms with van der Waals surface area (Å²) in [7, 11) is 0. The van der Waals surface area contributed by atoms with Crippen molar-refractivity contribution in [2.75, 3.05) is 0 Å². The van der Waals surface area contributed by atoms with Crippen LogP contribution in [0.1, 0.15) is 63.6 Å². The highest BCUT2D eigenvalue weighted by Gasteiger charge is 2.30. The Hall–Kier alpha value is -0.940. The second-order valence-corrected chi connectivity index (χ2v) is 5.52. The molecular formula is C13H24N4O. The topological polar surface area (TPSA) is 77.0 Å². The molecule has 5 heteroatoms. The van der Waals surface area contributed by atoms with Crippen molar-refractivity contribution in [2.45, 2.75) is 70.1 Å². The third-order valence-corrected chi connectivity index (χ3v) is 3.78. The Morgan fingerprint density at radius 3 is 2.83 bits per heavy atom. The van der Waals surface area contributed by atoms with Crippen molar-refractivity contribution in [1.29, 1.82) is 0 Å². The van der Waals surface area contributed by atoms with E-state index in [9.17, 15) is 5.11 Å². The second-order valence-electron chi connectivity index (χ2n) is 5.52. The third-order valence-electron chi connectivity index (χ3n) is 3.78. The number of rotatable bonds is 5. The Kier molecular flexibility index (Phi) is 4.35. The summed E-state index contributed by atoms with van der Waals surface area (Å²) in [6.07, 6.45) is 9.01. The van der Waals surface area contributed by atoms with Crippen LogP contribution in [0, 0.1) is 0 Å². The van der Waals surface area contributed by atoms with Gasteiger partial charge in [-0.15, -0.1) is 5.10 Å². The number of aliphatic hydroxyl groups is 1. The van der Waals surface area contributed by atoms with Crippen LogP contribution in [-0.4, -0.2) is 25.7 Å². The summed E-state index contributed by atoms with van der Waals surface area (Å²) in [5, 5.41) is 18.6. The van der Waals surface area contributed by atoms with Crippen LogP contribution in [0.4, 0.5) is 0 Å². The van der Waals surface area contributed by atoms with Crippen LogP contribution in [0.5, 0.6) is 0 Å². The van der Waals surface area contributed by atoms with Gasteiger partial charge in [-0.3, -0.25) is 0 Å². The summed E-state index contributed by atoms with van der Waals surface area (Å²) in [6.45, 7) is 2.65. The van der Waals surface area contributed by atoms with Crippen molar-refractivity contribution in [3.05, 3.63) is 11.9 Å². The van der Waals surface area contributed by atoms with Crippen molar-refractivity contribution in [2.24, 2.45) is 5.73 Å². The van der Waals surface area contributed by atoms with E-state index in [1.807, 2.05) is 6.20 Å².